The van der Waals surface area contributed by atoms with E-state index in [0.717, 1.165) is 31.3 Å². The summed E-state index contributed by atoms with van der Waals surface area (Å²) in [7, 11) is 4.53. The van der Waals surface area contributed by atoms with Crippen molar-refractivity contribution >= 4 is 33.2 Å². The molecule has 168 valence electrons. The first kappa shape index (κ1) is 21.7. The van der Waals surface area contributed by atoms with Gasteiger partial charge in [0, 0.05) is 37.4 Å². The summed E-state index contributed by atoms with van der Waals surface area (Å²) < 4.78 is 16.0. The van der Waals surface area contributed by atoms with Crippen molar-refractivity contribution < 1.29 is 19.0 Å². The molecule has 1 N–H and O–H groups in total. The minimum atomic E-state index is -0.333. The van der Waals surface area contributed by atoms with Gasteiger partial charge in [-0.3, -0.25) is 10.1 Å². The van der Waals surface area contributed by atoms with Crippen LogP contribution >= 0.6 is 11.3 Å². The molecule has 1 aliphatic heterocycles. The lowest BCUT2D eigenvalue weighted by atomic mass is 10.1. The maximum Gasteiger partial charge on any atom is 0.257 e. The van der Waals surface area contributed by atoms with Gasteiger partial charge in [-0.2, -0.15) is 0 Å². The molecule has 0 atom stereocenters. The molecule has 0 saturated carbocycles. The number of benzene rings is 2. The maximum absolute atomic E-state index is 12.8. The van der Waals surface area contributed by atoms with Gasteiger partial charge < -0.3 is 24.0 Å². The number of methoxy groups -OCH3 is 3. The SMILES string of the molecule is COc1cc(C(=O)Nc2nnc(N3CCN(c4ccccc4)CC3)s2)cc(OC)c1OC. The fraction of sp³-hybridized carbons (Fsp3) is 0.318. The van der Waals surface area contributed by atoms with E-state index in [-0.39, 0.29) is 5.91 Å². The van der Waals surface area contributed by atoms with Gasteiger partial charge in [0.2, 0.25) is 16.0 Å². The smallest absolute Gasteiger partial charge is 0.257 e. The van der Waals surface area contributed by atoms with Gasteiger partial charge in [0.25, 0.3) is 5.91 Å². The van der Waals surface area contributed by atoms with Crippen molar-refractivity contribution in [3.05, 3.63) is 48.0 Å². The molecule has 0 unspecified atom stereocenters. The highest BCUT2D eigenvalue weighted by molar-refractivity contribution is 7.19. The van der Waals surface area contributed by atoms with E-state index in [1.54, 1.807) is 12.1 Å². The summed E-state index contributed by atoms with van der Waals surface area (Å²) in [6.07, 6.45) is 0. The second-order valence-corrected chi connectivity index (χ2v) is 8.02. The summed E-state index contributed by atoms with van der Waals surface area (Å²) in [5.41, 5.74) is 1.59. The monoisotopic (exact) mass is 455 g/mol. The second-order valence-electron chi connectivity index (χ2n) is 7.07. The molecule has 0 bridgehead atoms. The zero-order valence-electron chi connectivity index (χ0n) is 18.2. The van der Waals surface area contributed by atoms with Crippen LogP contribution in [-0.4, -0.2) is 63.6 Å². The van der Waals surface area contributed by atoms with E-state index in [2.05, 4.69) is 49.6 Å². The number of ether oxygens (including phenoxy) is 3. The van der Waals surface area contributed by atoms with E-state index in [1.165, 1.54) is 38.4 Å². The summed E-state index contributed by atoms with van der Waals surface area (Å²) in [5, 5.41) is 12.5. The van der Waals surface area contributed by atoms with Gasteiger partial charge in [-0.1, -0.05) is 29.5 Å². The lowest BCUT2D eigenvalue weighted by Crippen LogP contribution is -2.46. The Kier molecular flexibility index (Phi) is 6.60. The topological polar surface area (TPSA) is 89.0 Å². The standard InChI is InChI=1S/C22H25N5O4S/c1-29-17-13-15(14-18(30-2)19(17)31-3)20(28)23-21-24-25-22(32-21)27-11-9-26(10-12-27)16-7-5-4-6-8-16/h4-8,13-14H,9-12H2,1-3H3,(H,23,24,28). The average molecular weight is 456 g/mol. The third-order valence-corrected chi connectivity index (χ3v) is 6.13. The zero-order valence-corrected chi connectivity index (χ0v) is 19.0. The molecule has 2 aromatic carbocycles. The molecule has 9 nitrogen and oxygen atoms in total. The highest BCUT2D eigenvalue weighted by Crippen LogP contribution is 2.38. The molecule has 32 heavy (non-hydrogen) atoms. The predicted molar refractivity (Wildman–Crippen MR) is 125 cm³/mol. The van der Waals surface area contributed by atoms with Crippen molar-refractivity contribution in [2.75, 3.05) is 62.6 Å². The average Bonchev–Trinajstić information content (AvgIpc) is 3.32. The van der Waals surface area contributed by atoms with Gasteiger partial charge in [0.05, 0.1) is 21.3 Å². The van der Waals surface area contributed by atoms with Gasteiger partial charge in [0.15, 0.2) is 11.5 Å². The number of hydrogen-bond donors (Lipinski definition) is 1. The normalized spacial score (nSPS) is 13.6. The van der Waals surface area contributed by atoms with E-state index in [4.69, 9.17) is 14.2 Å². The largest absolute Gasteiger partial charge is 0.493 e. The number of hydrogen-bond acceptors (Lipinski definition) is 9. The minimum Gasteiger partial charge on any atom is -0.493 e. The second kappa shape index (κ2) is 9.73. The first-order valence-electron chi connectivity index (χ1n) is 10.1. The van der Waals surface area contributed by atoms with Crippen molar-refractivity contribution in [3.8, 4) is 17.2 Å². The third kappa shape index (κ3) is 4.54. The third-order valence-electron chi connectivity index (χ3n) is 5.23. The minimum absolute atomic E-state index is 0.333. The van der Waals surface area contributed by atoms with Crippen molar-refractivity contribution in [1.82, 2.24) is 10.2 Å². The first-order valence-corrected chi connectivity index (χ1v) is 10.9. The fourth-order valence-corrected chi connectivity index (χ4v) is 4.36. The number of amides is 1. The number of anilines is 3. The Bertz CT molecular complexity index is 1040. The molecule has 1 aliphatic rings. The van der Waals surface area contributed by atoms with Crippen LogP contribution in [0.15, 0.2) is 42.5 Å². The molecular formula is C22H25N5O4S. The Morgan fingerprint density at radius 1 is 0.906 bits per heavy atom. The van der Waals surface area contributed by atoms with E-state index >= 15 is 0 Å². The molecule has 0 aliphatic carbocycles. The number of piperazine rings is 1. The van der Waals surface area contributed by atoms with Gasteiger partial charge >= 0.3 is 0 Å². The van der Waals surface area contributed by atoms with Crippen LogP contribution in [0.4, 0.5) is 16.0 Å². The molecular weight excluding hydrogens is 430 g/mol. The van der Waals surface area contributed by atoms with Gasteiger partial charge in [-0.25, -0.2) is 0 Å². The van der Waals surface area contributed by atoms with E-state index < -0.39 is 0 Å². The number of nitrogens with one attached hydrogen (secondary N) is 1. The van der Waals surface area contributed by atoms with Crippen LogP contribution < -0.4 is 29.3 Å². The van der Waals surface area contributed by atoms with Crippen LogP contribution in [0.5, 0.6) is 17.2 Å². The van der Waals surface area contributed by atoms with Crippen LogP contribution in [0.25, 0.3) is 0 Å². The Morgan fingerprint density at radius 2 is 1.53 bits per heavy atom. The van der Waals surface area contributed by atoms with Crippen molar-refractivity contribution in [2.45, 2.75) is 0 Å². The van der Waals surface area contributed by atoms with Crippen LogP contribution in [0, 0.1) is 0 Å². The van der Waals surface area contributed by atoms with Crippen molar-refractivity contribution in [2.24, 2.45) is 0 Å². The Balaban J connectivity index is 1.41. The summed E-state index contributed by atoms with van der Waals surface area (Å²) in [6.45, 7) is 3.47. The van der Waals surface area contributed by atoms with Gasteiger partial charge in [-0.15, -0.1) is 10.2 Å². The Hall–Kier alpha value is -3.53. The quantitative estimate of drug-likeness (QED) is 0.581. The summed E-state index contributed by atoms with van der Waals surface area (Å²) in [5.74, 6) is 0.915. The molecule has 1 fully saturated rings. The Labute approximate surface area is 190 Å². The molecule has 1 aromatic heterocycles. The molecule has 3 aromatic rings. The number of carbonyl (C=O) groups excluding carboxylic acids is 1. The van der Waals surface area contributed by atoms with Crippen molar-refractivity contribution in [1.29, 1.82) is 0 Å². The number of para-hydroxylation sites is 1. The highest BCUT2D eigenvalue weighted by Gasteiger charge is 2.22. The molecule has 10 heteroatoms. The van der Waals surface area contributed by atoms with Crippen LogP contribution in [0.1, 0.15) is 10.4 Å². The number of carbonyl (C=O) groups is 1. The van der Waals surface area contributed by atoms with Crippen molar-refractivity contribution in [3.63, 3.8) is 0 Å². The fourth-order valence-electron chi connectivity index (χ4n) is 3.57. The van der Waals surface area contributed by atoms with Crippen LogP contribution in [0.3, 0.4) is 0 Å². The number of nitrogens with zero attached hydrogens (tertiary/aromatic N) is 4. The van der Waals surface area contributed by atoms with E-state index in [1.807, 2.05) is 6.07 Å². The van der Waals surface area contributed by atoms with Gasteiger partial charge in [0.1, 0.15) is 0 Å². The predicted octanol–water partition coefficient (Wildman–Crippen LogP) is 3.14. The molecule has 1 saturated heterocycles. The van der Waals surface area contributed by atoms with Gasteiger partial charge in [-0.05, 0) is 24.3 Å². The number of rotatable bonds is 7. The molecule has 2 heterocycles. The molecule has 0 radical (unpaired) electrons. The molecule has 4 rings (SSSR count). The van der Waals surface area contributed by atoms with Crippen LogP contribution in [-0.2, 0) is 0 Å². The Morgan fingerprint density at radius 3 is 2.12 bits per heavy atom. The maximum atomic E-state index is 12.8. The molecule has 1 amide bonds. The number of aromatic nitrogens is 2. The van der Waals surface area contributed by atoms with E-state index in [9.17, 15) is 4.79 Å². The lowest BCUT2D eigenvalue weighted by Gasteiger charge is -2.35. The molecule has 0 spiro atoms. The first-order chi connectivity index (χ1) is 15.6. The summed E-state index contributed by atoms with van der Waals surface area (Å²) >= 11 is 1.35. The summed E-state index contributed by atoms with van der Waals surface area (Å²) in [6, 6.07) is 13.6. The summed E-state index contributed by atoms with van der Waals surface area (Å²) in [4.78, 5) is 17.3. The lowest BCUT2D eigenvalue weighted by molar-refractivity contribution is 0.102. The zero-order chi connectivity index (χ0) is 22.5. The van der Waals surface area contributed by atoms with E-state index in [0.29, 0.717) is 27.9 Å². The highest BCUT2D eigenvalue weighted by atomic mass is 32.1. The van der Waals surface area contributed by atoms with Crippen LogP contribution in [0.2, 0.25) is 0 Å².